The van der Waals surface area contributed by atoms with Gasteiger partial charge in [-0.25, -0.2) is 27.0 Å². The molecule has 0 spiro atoms. The second-order valence-corrected chi connectivity index (χ2v) is 18.7. The van der Waals surface area contributed by atoms with Gasteiger partial charge in [-0.2, -0.15) is 4.31 Å². The average molecular weight is 936 g/mol. The number of amides is 3. The minimum atomic E-state index is -3.82. The van der Waals surface area contributed by atoms with Gasteiger partial charge in [-0.1, -0.05) is 34.2 Å². The number of nitrogens with one attached hydrogen (secondary N) is 1. The van der Waals surface area contributed by atoms with E-state index >= 15 is 8.78 Å². The normalized spacial score (nSPS) is 20.1. The number of ether oxygens (including phenoxy) is 1. The molecule has 0 unspecified atom stereocenters. The molecule has 3 aliphatic rings. The van der Waals surface area contributed by atoms with Crippen LogP contribution in [0.15, 0.2) is 41.3 Å². The van der Waals surface area contributed by atoms with Crippen molar-refractivity contribution in [2.24, 2.45) is 11.8 Å². The first-order valence-electron chi connectivity index (χ1n) is 19.1. The molecular weight excluding hydrogens is 883 g/mol. The highest BCUT2D eigenvalue weighted by atomic mass is 127. The Labute approximate surface area is 347 Å². The molecule has 18 heteroatoms. The number of benzene rings is 1. The number of carbonyl (C=O) groups excluding carboxylic acids is 3. The molecule has 2 saturated heterocycles. The molecule has 0 atom stereocenters. The van der Waals surface area contributed by atoms with Crippen molar-refractivity contribution in [1.29, 1.82) is 0 Å². The van der Waals surface area contributed by atoms with Gasteiger partial charge in [0, 0.05) is 88.4 Å². The van der Waals surface area contributed by atoms with Gasteiger partial charge in [0.2, 0.25) is 21.8 Å². The fourth-order valence-electron chi connectivity index (χ4n) is 7.36. The number of likely N-dealkylation sites (N-methyl/N-ethyl adjacent to an activating group) is 1. The van der Waals surface area contributed by atoms with E-state index in [0.29, 0.717) is 62.2 Å². The van der Waals surface area contributed by atoms with Crippen molar-refractivity contribution in [3.63, 3.8) is 0 Å². The second kappa shape index (κ2) is 18.8. The van der Waals surface area contributed by atoms with E-state index in [1.807, 2.05) is 11.9 Å². The largest absolute Gasteiger partial charge is 0.444 e. The second-order valence-electron chi connectivity index (χ2n) is 15.7. The Bertz CT molecular complexity index is 1800. The molecule has 2 aromatic rings. The zero-order valence-electron chi connectivity index (χ0n) is 32.5. The van der Waals surface area contributed by atoms with Crippen LogP contribution in [-0.2, 0) is 30.3 Å². The van der Waals surface area contributed by atoms with Crippen molar-refractivity contribution in [2.45, 2.75) is 75.7 Å². The summed E-state index contributed by atoms with van der Waals surface area (Å²) in [5.41, 5.74) is -0.156. The Hall–Kier alpha value is -2.87. The molecule has 3 fully saturated rings. The van der Waals surface area contributed by atoms with E-state index in [1.54, 1.807) is 47.6 Å². The third kappa shape index (κ3) is 11.2. The highest BCUT2D eigenvalue weighted by Gasteiger charge is 2.45. The van der Waals surface area contributed by atoms with Crippen molar-refractivity contribution in [2.75, 3.05) is 80.3 Å². The van der Waals surface area contributed by atoms with Crippen molar-refractivity contribution < 1.29 is 36.3 Å². The molecule has 1 saturated carbocycles. The predicted octanol–water partition coefficient (Wildman–Crippen LogP) is 5.95. The first-order chi connectivity index (χ1) is 26.4. The number of aromatic nitrogens is 1. The molecule has 0 bridgehead atoms. The number of alkyl halides is 3. The fourth-order valence-corrected chi connectivity index (χ4v) is 9.66. The number of sulfonamides is 1. The van der Waals surface area contributed by atoms with Gasteiger partial charge in [-0.05, 0) is 96.3 Å². The Balaban J connectivity index is 1.11. The number of alkyl carbamates (subject to hydrolysis) is 1. The molecule has 5 rings (SSSR count). The predicted molar refractivity (Wildman–Crippen MR) is 220 cm³/mol. The van der Waals surface area contributed by atoms with Crippen molar-refractivity contribution in [3.05, 3.63) is 47.1 Å². The molecule has 310 valence electrons. The van der Waals surface area contributed by atoms with E-state index in [2.05, 4.69) is 32.9 Å². The van der Waals surface area contributed by atoms with E-state index < -0.39 is 33.6 Å². The average Bonchev–Trinajstić information content (AvgIpc) is 3.59. The minimum Gasteiger partial charge on any atom is -0.444 e. The quantitative estimate of drug-likeness (QED) is 0.106. The van der Waals surface area contributed by atoms with Crippen LogP contribution in [0.25, 0.3) is 0 Å². The van der Waals surface area contributed by atoms with Gasteiger partial charge >= 0.3 is 6.09 Å². The van der Waals surface area contributed by atoms with Crippen molar-refractivity contribution in [3.8, 4) is 0 Å². The third-order valence-corrected chi connectivity index (χ3v) is 13.5. The maximum absolute atomic E-state index is 16.2. The highest BCUT2D eigenvalue weighted by Crippen LogP contribution is 2.46. The van der Waals surface area contributed by atoms with Gasteiger partial charge in [0.25, 0.3) is 5.92 Å². The lowest BCUT2D eigenvalue weighted by atomic mass is 9.77. The summed E-state index contributed by atoms with van der Waals surface area (Å²) in [6, 6.07) is 8.86. The first kappa shape index (κ1) is 44.2. The molecule has 13 nitrogen and oxygen atoms in total. The number of hydrogen-bond acceptors (Lipinski definition) is 9. The number of rotatable bonds is 14. The number of piperazine rings is 1. The molecule has 56 heavy (non-hydrogen) atoms. The zero-order chi connectivity index (χ0) is 40.8. The van der Waals surface area contributed by atoms with Crippen molar-refractivity contribution in [1.82, 2.24) is 24.4 Å². The van der Waals surface area contributed by atoms with Crippen LogP contribution in [-0.4, -0.2) is 122 Å². The summed E-state index contributed by atoms with van der Waals surface area (Å²) < 4.78 is 66.3. The maximum Gasteiger partial charge on any atom is 0.407 e. The number of carbonyl (C=O) groups is 3. The van der Waals surface area contributed by atoms with E-state index in [1.165, 1.54) is 28.6 Å². The number of nitrogens with zero attached hydrogens (tertiary/aromatic N) is 6. The lowest BCUT2D eigenvalue weighted by molar-refractivity contribution is -0.138. The number of pyridine rings is 1. The summed E-state index contributed by atoms with van der Waals surface area (Å²) in [6.07, 6.45) is 1.82. The van der Waals surface area contributed by atoms with Crippen LogP contribution >= 0.6 is 34.2 Å². The Kier molecular flexibility index (Phi) is 14.9. The van der Waals surface area contributed by atoms with Gasteiger partial charge in [0.05, 0.1) is 9.45 Å². The summed E-state index contributed by atoms with van der Waals surface area (Å²) in [7, 11) is -1.92. The van der Waals surface area contributed by atoms with Crippen LogP contribution in [0.1, 0.15) is 64.9 Å². The summed E-state index contributed by atoms with van der Waals surface area (Å²) >= 11 is 8.46. The minimum absolute atomic E-state index is 0.0195. The summed E-state index contributed by atoms with van der Waals surface area (Å²) in [5, 5.41) is 2.65. The Morgan fingerprint density at radius 3 is 2.25 bits per heavy atom. The van der Waals surface area contributed by atoms with Crippen LogP contribution in [0.3, 0.4) is 0 Å². The van der Waals surface area contributed by atoms with Crippen LogP contribution in [0.4, 0.5) is 25.1 Å². The lowest BCUT2D eigenvalue weighted by Crippen LogP contribution is -2.49. The standard InChI is InChI=1S/C38H53ClF2IN7O6S/c1-37(2,3)55-36(52)43-15-17-45(4)18-19-47(26-42)35(51)27-7-9-28(10-8-27)38(40,41)29-24-32(39)44-33(25-29)46-20-22-48(23-21-46)56(53,54)31-13-11-30(12-14-31)49-16-5-6-34(49)50/h11-14,24-25,27-28H,5-10,15-23,26H2,1-4H3,(H,43,52)/t27-,28-. The number of hydrogen-bond donors (Lipinski definition) is 1. The maximum atomic E-state index is 16.2. The molecule has 3 amide bonds. The fraction of sp³-hybridized carbons (Fsp3) is 0.632. The van der Waals surface area contributed by atoms with E-state index in [4.69, 9.17) is 16.3 Å². The van der Waals surface area contributed by atoms with E-state index in [0.717, 1.165) is 6.42 Å². The Morgan fingerprint density at radius 1 is 1.00 bits per heavy atom. The molecule has 2 aliphatic heterocycles. The Morgan fingerprint density at radius 2 is 1.66 bits per heavy atom. The molecule has 3 heterocycles. The first-order valence-corrected chi connectivity index (χ1v) is 22.4. The number of anilines is 2. The van der Waals surface area contributed by atoms with Crippen LogP contribution in [0.5, 0.6) is 0 Å². The molecule has 1 aromatic carbocycles. The molecule has 0 radical (unpaired) electrons. The third-order valence-electron chi connectivity index (χ3n) is 10.5. The van der Waals surface area contributed by atoms with Gasteiger partial charge in [0.15, 0.2) is 0 Å². The van der Waals surface area contributed by atoms with Crippen molar-refractivity contribution >= 4 is 73.6 Å². The van der Waals surface area contributed by atoms with Gasteiger partial charge in [-0.15, -0.1) is 0 Å². The van der Waals surface area contributed by atoms with Crippen LogP contribution < -0.4 is 15.1 Å². The SMILES string of the molecule is CN(CCNC(=O)OC(C)(C)C)CCN(CI)C(=O)[C@H]1CC[C@H](C(F)(F)c2cc(Cl)nc(N3CCN(S(=O)(=O)c4ccc(N5CCCC5=O)cc4)CC3)c2)CC1. The molecular formula is C38H53ClF2IN7O6S. The van der Waals surface area contributed by atoms with Crippen LogP contribution in [0.2, 0.25) is 5.15 Å². The topological polar surface area (TPSA) is 136 Å². The molecule has 1 aliphatic carbocycles. The summed E-state index contributed by atoms with van der Waals surface area (Å²) in [4.78, 5) is 49.1. The van der Waals surface area contributed by atoms with Gasteiger partial charge in [0.1, 0.15) is 16.6 Å². The monoisotopic (exact) mass is 935 g/mol. The molecule has 1 aromatic heterocycles. The highest BCUT2D eigenvalue weighted by molar-refractivity contribution is 14.1. The molecule has 1 N–H and O–H groups in total. The smallest absolute Gasteiger partial charge is 0.407 e. The van der Waals surface area contributed by atoms with E-state index in [9.17, 15) is 22.8 Å². The zero-order valence-corrected chi connectivity index (χ0v) is 36.2. The summed E-state index contributed by atoms with van der Waals surface area (Å²) in [5.74, 6) is -4.29. The van der Waals surface area contributed by atoms with Crippen LogP contribution in [0, 0.1) is 11.8 Å². The van der Waals surface area contributed by atoms with E-state index in [-0.39, 0.29) is 78.2 Å². The van der Waals surface area contributed by atoms with Gasteiger partial charge < -0.3 is 29.7 Å². The lowest BCUT2D eigenvalue weighted by Gasteiger charge is -2.37. The van der Waals surface area contributed by atoms with Gasteiger partial charge in [-0.3, -0.25) is 9.59 Å². The number of halogens is 4. The summed E-state index contributed by atoms with van der Waals surface area (Å²) in [6.45, 7) is 8.76.